The molecular weight excluding hydrogens is 212 g/mol. The minimum atomic E-state index is -0.459. The average molecular weight is 222 g/mol. The van der Waals surface area contributed by atoms with Crippen LogP contribution in [-0.2, 0) is 0 Å². The van der Waals surface area contributed by atoms with Gasteiger partial charge in [0.1, 0.15) is 11.5 Å². The van der Waals surface area contributed by atoms with Crippen molar-refractivity contribution >= 4 is 5.91 Å². The lowest BCUT2D eigenvalue weighted by Crippen LogP contribution is -2.25. The van der Waals surface area contributed by atoms with Crippen LogP contribution in [0.5, 0.6) is 11.5 Å². The maximum Gasteiger partial charge on any atom is 0.251 e. The molecule has 1 aromatic rings. The van der Waals surface area contributed by atoms with Gasteiger partial charge in [-0.2, -0.15) is 0 Å². The summed E-state index contributed by atoms with van der Waals surface area (Å²) in [6.45, 7) is 0.340. The summed E-state index contributed by atoms with van der Waals surface area (Å²) in [7, 11) is 0. The Morgan fingerprint density at radius 2 is 2.00 bits per heavy atom. The van der Waals surface area contributed by atoms with E-state index in [9.17, 15) is 4.79 Å². The molecule has 3 N–H and O–H groups in total. The van der Waals surface area contributed by atoms with Crippen LogP contribution in [0.1, 0.15) is 10.4 Å². The number of rotatable bonds is 4. The van der Waals surface area contributed by atoms with E-state index in [1.165, 1.54) is 12.1 Å². The molecule has 0 heterocycles. The van der Waals surface area contributed by atoms with E-state index in [0.717, 1.165) is 6.07 Å². The largest absolute Gasteiger partial charge is 0.508 e. The summed E-state index contributed by atoms with van der Waals surface area (Å²) < 4.78 is 0. The van der Waals surface area contributed by atoms with Gasteiger partial charge in [0.25, 0.3) is 5.91 Å². The maximum atomic E-state index is 11.4. The number of phenolic OH excluding ortho intramolecular Hbond substituents is 2. The molecule has 0 atom stereocenters. The van der Waals surface area contributed by atoms with E-state index in [0.29, 0.717) is 0 Å². The predicted molar refractivity (Wildman–Crippen MR) is 56.1 cm³/mol. The molecule has 84 valence electrons. The first-order valence-corrected chi connectivity index (χ1v) is 4.45. The highest BCUT2D eigenvalue weighted by Crippen LogP contribution is 2.19. The van der Waals surface area contributed by atoms with Crippen LogP contribution in [0.25, 0.3) is 10.4 Å². The van der Waals surface area contributed by atoms with Gasteiger partial charge < -0.3 is 15.5 Å². The van der Waals surface area contributed by atoms with Crippen molar-refractivity contribution in [3.8, 4) is 11.5 Å². The molecular formula is C9H10N4O3. The van der Waals surface area contributed by atoms with Crippen molar-refractivity contribution in [3.63, 3.8) is 0 Å². The lowest BCUT2D eigenvalue weighted by Gasteiger charge is -2.04. The lowest BCUT2D eigenvalue weighted by atomic mass is 10.2. The van der Waals surface area contributed by atoms with E-state index in [4.69, 9.17) is 15.7 Å². The van der Waals surface area contributed by atoms with Crippen LogP contribution >= 0.6 is 0 Å². The van der Waals surface area contributed by atoms with Crippen LogP contribution < -0.4 is 5.32 Å². The third kappa shape index (κ3) is 3.39. The van der Waals surface area contributed by atoms with Gasteiger partial charge in [0.15, 0.2) is 0 Å². The van der Waals surface area contributed by atoms with Gasteiger partial charge >= 0.3 is 0 Å². The Bertz CT molecular complexity index is 420. The smallest absolute Gasteiger partial charge is 0.251 e. The first-order chi connectivity index (χ1) is 7.63. The Morgan fingerprint density at radius 3 is 2.56 bits per heavy atom. The Labute approximate surface area is 91.0 Å². The topological polar surface area (TPSA) is 118 Å². The van der Waals surface area contributed by atoms with Crippen LogP contribution in [0.15, 0.2) is 23.3 Å². The van der Waals surface area contributed by atoms with E-state index >= 15 is 0 Å². The molecule has 0 fully saturated rings. The first-order valence-electron chi connectivity index (χ1n) is 4.45. The molecule has 0 saturated carbocycles. The number of carbonyl (C=O) groups excluding carboxylic acids is 1. The number of hydrogen-bond donors (Lipinski definition) is 3. The van der Waals surface area contributed by atoms with E-state index in [1.807, 2.05) is 0 Å². The van der Waals surface area contributed by atoms with Crippen molar-refractivity contribution in [2.75, 3.05) is 13.1 Å². The number of nitrogens with one attached hydrogen (secondary N) is 1. The number of nitrogens with zero attached hydrogens (tertiary/aromatic N) is 3. The quantitative estimate of drug-likeness (QED) is 0.306. The zero-order valence-corrected chi connectivity index (χ0v) is 8.29. The summed E-state index contributed by atoms with van der Waals surface area (Å²) >= 11 is 0. The molecule has 0 bridgehead atoms. The van der Waals surface area contributed by atoms with Gasteiger partial charge in [-0.15, -0.1) is 0 Å². The Kier molecular flexibility index (Phi) is 3.99. The van der Waals surface area contributed by atoms with Crippen molar-refractivity contribution < 1.29 is 15.0 Å². The Hall–Kier alpha value is -2.40. The number of carbonyl (C=O) groups is 1. The zero-order chi connectivity index (χ0) is 12.0. The SMILES string of the molecule is [N-]=[N+]=NCCNC(=O)c1cc(O)cc(O)c1. The number of azide groups is 1. The van der Waals surface area contributed by atoms with Crippen LogP contribution in [0.4, 0.5) is 0 Å². The molecule has 0 unspecified atom stereocenters. The van der Waals surface area contributed by atoms with Gasteiger partial charge in [0.2, 0.25) is 0 Å². The van der Waals surface area contributed by atoms with Gasteiger partial charge in [-0.25, -0.2) is 0 Å². The molecule has 1 rings (SSSR count). The molecule has 7 heteroatoms. The molecule has 0 aliphatic heterocycles. The number of benzene rings is 1. The fraction of sp³-hybridized carbons (Fsp3) is 0.222. The van der Waals surface area contributed by atoms with E-state index in [2.05, 4.69) is 15.3 Å². The fourth-order valence-corrected chi connectivity index (χ4v) is 1.09. The second-order valence-electron chi connectivity index (χ2n) is 2.95. The monoisotopic (exact) mass is 222 g/mol. The fourth-order valence-electron chi connectivity index (χ4n) is 1.09. The van der Waals surface area contributed by atoms with Crippen molar-refractivity contribution in [2.24, 2.45) is 5.11 Å². The summed E-state index contributed by atoms with van der Waals surface area (Å²) in [6.07, 6.45) is 0. The normalized spacial score (nSPS) is 9.25. The molecule has 7 nitrogen and oxygen atoms in total. The van der Waals surface area contributed by atoms with Crippen LogP contribution in [-0.4, -0.2) is 29.2 Å². The molecule has 0 aliphatic rings. The minimum absolute atomic E-state index is 0.137. The van der Waals surface area contributed by atoms with E-state index < -0.39 is 5.91 Å². The zero-order valence-electron chi connectivity index (χ0n) is 8.29. The van der Waals surface area contributed by atoms with Crippen molar-refractivity contribution in [3.05, 3.63) is 34.2 Å². The number of amides is 1. The second kappa shape index (κ2) is 5.47. The molecule has 0 spiro atoms. The predicted octanol–water partition coefficient (Wildman–Crippen LogP) is 1.14. The summed E-state index contributed by atoms with van der Waals surface area (Å²) in [5.74, 6) is -0.847. The molecule has 0 saturated heterocycles. The summed E-state index contributed by atoms with van der Waals surface area (Å²) in [5.41, 5.74) is 8.14. The molecule has 0 aromatic heterocycles. The van der Waals surface area contributed by atoms with Gasteiger partial charge in [-0.3, -0.25) is 4.79 Å². The highest BCUT2D eigenvalue weighted by Gasteiger charge is 2.07. The second-order valence-corrected chi connectivity index (χ2v) is 2.95. The lowest BCUT2D eigenvalue weighted by molar-refractivity contribution is 0.0954. The van der Waals surface area contributed by atoms with Gasteiger partial charge in [-0.1, -0.05) is 5.11 Å². The third-order valence-corrected chi connectivity index (χ3v) is 1.73. The van der Waals surface area contributed by atoms with Crippen LogP contribution in [0, 0.1) is 0 Å². The molecule has 0 radical (unpaired) electrons. The molecule has 1 aromatic carbocycles. The average Bonchev–Trinajstić information content (AvgIpc) is 2.22. The van der Waals surface area contributed by atoms with E-state index in [-0.39, 0.29) is 30.2 Å². The molecule has 16 heavy (non-hydrogen) atoms. The molecule has 1 amide bonds. The van der Waals surface area contributed by atoms with Crippen LogP contribution in [0.2, 0.25) is 0 Å². The summed E-state index contributed by atoms with van der Waals surface area (Å²) in [4.78, 5) is 14.0. The Morgan fingerprint density at radius 1 is 1.38 bits per heavy atom. The summed E-state index contributed by atoms with van der Waals surface area (Å²) in [6, 6.07) is 3.57. The van der Waals surface area contributed by atoms with Crippen molar-refractivity contribution in [2.45, 2.75) is 0 Å². The number of aromatic hydroxyl groups is 2. The van der Waals surface area contributed by atoms with Gasteiger partial charge in [0, 0.05) is 29.6 Å². The number of phenols is 2. The Balaban J connectivity index is 2.62. The maximum absolute atomic E-state index is 11.4. The standard InChI is InChI=1S/C9H10N4O3/c10-13-12-2-1-11-9(16)6-3-7(14)5-8(15)4-6/h3-5,14-15H,1-2H2,(H,11,16). The van der Waals surface area contributed by atoms with Gasteiger partial charge in [-0.05, 0) is 17.7 Å². The van der Waals surface area contributed by atoms with Crippen molar-refractivity contribution in [1.82, 2.24) is 5.32 Å². The van der Waals surface area contributed by atoms with E-state index in [1.54, 1.807) is 0 Å². The third-order valence-electron chi connectivity index (χ3n) is 1.73. The minimum Gasteiger partial charge on any atom is -0.508 e. The number of hydrogen-bond acceptors (Lipinski definition) is 4. The first kappa shape index (κ1) is 11.7. The highest BCUT2D eigenvalue weighted by atomic mass is 16.3. The van der Waals surface area contributed by atoms with Crippen LogP contribution in [0.3, 0.4) is 0 Å². The van der Waals surface area contributed by atoms with Crippen molar-refractivity contribution in [1.29, 1.82) is 0 Å². The highest BCUT2D eigenvalue weighted by molar-refractivity contribution is 5.95. The summed E-state index contributed by atoms with van der Waals surface area (Å²) in [5, 5.41) is 24.0. The molecule has 0 aliphatic carbocycles. The van der Waals surface area contributed by atoms with Gasteiger partial charge in [0.05, 0.1) is 0 Å².